The van der Waals surface area contributed by atoms with Gasteiger partial charge < -0.3 is 9.94 Å². The molecule has 32 heavy (non-hydrogen) atoms. The number of pyridine rings is 1. The van der Waals surface area contributed by atoms with E-state index in [0.717, 1.165) is 22.3 Å². The molecule has 1 fully saturated rings. The molecule has 8 nitrogen and oxygen atoms in total. The van der Waals surface area contributed by atoms with Crippen molar-refractivity contribution in [3.8, 4) is 11.1 Å². The van der Waals surface area contributed by atoms with Crippen molar-refractivity contribution < 1.29 is 19.1 Å². The maximum Gasteiger partial charge on any atom is 0.345 e. The Bertz CT molecular complexity index is 1200. The number of aryl methyl sites for hydroxylation is 1. The molecule has 0 radical (unpaired) electrons. The van der Waals surface area contributed by atoms with Crippen LogP contribution in [-0.4, -0.2) is 21.8 Å². The highest BCUT2D eigenvalue weighted by Crippen LogP contribution is 2.47. The number of hydrogen-bond donors (Lipinski definition) is 1. The Kier molecular flexibility index (Phi) is 4.84. The first-order valence-electron chi connectivity index (χ1n) is 10.6. The standard InChI is InChI=1S/C24H22N4O4/c1-15-4-2-3-5-18(15)17-12-25-23(26-13-17)27-21(29)16-6-9-24(10-7-16)20-8-11-28(31)14-19(20)22(30)32-24/h2-5,8,11-14,16H,6-7,9-10H2,1H3,(H,25,26,27,29)/t16-,24-. The molecule has 1 spiro atoms. The first-order chi connectivity index (χ1) is 15.4. The van der Waals surface area contributed by atoms with E-state index in [1.807, 2.05) is 31.2 Å². The van der Waals surface area contributed by atoms with E-state index < -0.39 is 11.6 Å². The minimum atomic E-state index is -0.747. The number of hydrogen-bond acceptors (Lipinski definition) is 6. The van der Waals surface area contributed by atoms with Crippen LogP contribution >= 0.6 is 0 Å². The minimum absolute atomic E-state index is 0.140. The van der Waals surface area contributed by atoms with E-state index in [-0.39, 0.29) is 17.8 Å². The van der Waals surface area contributed by atoms with Crippen LogP contribution in [0.5, 0.6) is 0 Å². The second kappa shape index (κ2) is 7.71. The normalized spacial score (nSPS) is 21.8. The molecule has 5 rings (SSSR count). The first-order valence-corrected chi connectivity index (χ1v) is 10.6. The molecule has 3 heterocycles. The van der Waals surface area contributed by atoms with Crippen molar-refractivity contribution in [3.05, 3.63) is 77.0 Å². The van der Waals surface area contributed by atoms with Crippen LogP contribution in [0, 0.1) is 18.0 Å². The first kappa shape index (κ1) is 20.1. The van der Waals surface area contributed by atoms with Crippen molar-refractivity contribution in [1.82, 2.24) is 9.97 Å². The summed E-state index contributed by atoms with van der Waals surface area (Å²) in [6, 6.07) is 9.63. The number of rotatable bonds is 3. The van der Waals surface area contributed by atoms with Gasteiger partial charge in [0.1, 0.15) is 11.2 Å². The lowest BCUT2D eigenvalue weighted by Gasteiger charge is -2.35. The van der Waals surface area contributed by atoms with E-state index in [0.29, 0.717) is 36.0 Å². The van der Waals surface area contributed by atoms with Crippen molar-refractivity contribution in [2.24, 2.45) is 5.92 Å². The number of esters is 1. The maximum absolute atomic E-state index is 12.8. The number of nitrogens with one attached hydrogen (secondary N) is 1. The molecule has 162 valence electrons. The molecule has 1 aliphatic heterocycles. The summed E-state index contributed by atoms with van der Waals surface area (Å²) < 4.78 is 6.28. The van der Waals surface area contributed by atoms with Gasteiger partial charge in [-0.2, -0.15) is 4.73 Å². The second-order valence-electron chi connectivity index (χ2n) is 8.39. The molecule has 0 unspecified atom stereocenters. The summed E-state index contributed by atoms with van der Waals surface area (Å²) >= 11 is 0. The maximum atomic E-state index is 12.8. The SMILES string of the molecule is Cc1ccccc1-c1cnc(NC(=O)[C@H]2CC[C@@]3(CC2)OC(=O)c2c[n+]([O-])ccc23)nc1. The van der Waals surface area contributed by atoms with E-state index in [4.69, 9.17) is 4.74 Å². The van der Waals surface area contributed by atoms with Gasteiger partial charge >= 0.3 is 5.97 Å². The monoisotopic (exact) mass is 430 g/mol. The molecule has 1 saturated carbocycles. The molecule has 1 aromatic carbocycles. The zero-order valence-electron chi connectivity index (χ0n) is 17.6. The summed E-state index contributed by atoms with van der Waals surface area (Å²) in [5.41, 5.74) is 3.38. The predicted molar refractivity (Wildman–Crippen MR) is 115 cm³/mol. The van der Waals surface area contributed by atoms with Crippen LogP contribution in [-0.2, 0) is 15.1 Å². The van der Waals surface area contributed by atoms with Crippen LogP contribution in [0.1, 0.15) is 47.2 Å². The topological polar surface area (TPSA) is 108 Å². The fourth-order valence-corrected chi connectivity index (χ4v) is 4.68. The third kappa shape index (κ3) is 3.47. The lowest BCUT2D eigenvalue weighted by Crippen LogP contribution is -2.36. The predicted octanol–water partition coefficient (Wildman–Crippen LogP) is 3.28. The Hall–Kier alpha value is -3.81. The van der Waals surface area contributed by atoms with E-state index in [9.17, 15) is 14.8 Å². The molecule has 3 aromatic rings. The van der Waals surface area contributed by atoms with Gasteiger partial charge in [0.2, 0.25) is 11.9 Å². The molecule has 0 bridgehead atoms. The lowest BCUT2D eigenvalue weighted by molar-refractivity contribution is -0.605. The summed E-state index contributed by atoms with van der Waals surface area (Å²) in [4.78, 5) is 33.6. The Morgan fingerprint density at radius 3 is 2.59 bits per heavy atom. The van der Waals surface area contributed by atoms with Crippen molar-refractivity contribution >= 4 is 17.8 Å². The summed E-state index contributed by atoms with van der Waals surface area (Å²) in [6.45, 7) is 2.03. The number of anilines is 1. The average molecular weight is 430 g/mol. The van der Waals surface area contributed by atoms with Crippen molar-refractivity contribution in [1.29, 1.82) is 0 Å². The number of carbonyl (C=O) groups excluding carboxylic acids is 2. The van der Waals surface area contributed by atoms with Gasteiger partial charge in [0.05, 0.1) is 0 Å². The summed E-state index contributed by atoms with van der Waals surface area (Å²) in [6.07, 6.45) is 8.22. The van der Waals surface area contributed by atoms with Gasteiger partial charge in [-0.05, 0) is 43.7 Å². The van der Waals surface area contributed by atoms with Gasteiger partial charge in [-0.15, -0.1) is 0 Å². The second-order valence-corrected chi connectivity index (χ2v) is 8.39. The molecule has 1 amide bonds. The molecule has 0 atom stereocenters. The Morgan fingerprint density at radius 2 is 1.88 bits per heavy atom. The zero-order chi connectivity index (χ0) is 22.3. The summed E-state index contributed by atoms with van der Waals surface area (Å²) in [7, 11) is 0. The highest BCUT2D eigenvalue weighted by atomic mass is 16.6. The number of benzene rings is 1. The molecule has 8 heteroatoms. The lowest BCUT2D eigenvalue weighted by atomic mass is 9.75. The van der Waals surface area contributed by atoms with Crippen LogP contribution < -0.4 is 10.0 Å². The number of aromatic nitrogens is 3. The van der Waals surface area contributed by atoms with Crippen molar-refractivity contribution in [2.45, 2.75) is 38.2 Å². The summed E-state index contributed by atoms with van der Waals surface area (Å²) in [5, 5.41) is 14.3. The number of amides is 1. The molecule has 2 aromatic heterocycles. The van der Waals surface area contributed by atoms with Gasteiger partial charge in [-0.3, -0.25) is 10.1 Å². The van der Waals surface area contributed by atoms with Crippen LogP contribution in [0.25, 0.3) is 11.1 Å². The van der Waals surface area contributed by atoms with Crippen LogP contribution in [0.3, 0.4) is 0 Å². The highest BCUT2D eigenvalue weighted by Gasteiger charge is 2.49. The van der Waals surface area contributed by atoms with Gasteiger partial charge in [-0.25, -0.2) is 14.8 Å². The Balaban J connectivity index is 1.24. The quantitative estimate of drug-likeness (QED) is 0.388. The smallest absolute Gasteiger partial charge is 0.345 e. The molecule has 1 N–H and O–H groups in total. The Labute approximate surface area is 184 Å². The van der Waals surface area contributed by atoms with Crippen LogP contribution in [0.2, 0.25) is 0 Å². The minimum Gasteiger partial charge on any atom is -0.619 e. The Morgan fingerprint density at radius 1 is 1.16 bits per heavy atom. The van der Waals surface area contributed by atoms with E-state index in [1.54, 1.807) is 18.5 Å². The van der Waals surface area contributed by atoms with Gasteiger partial charge in [0.15, 0.2) is 12.4 Å². The number of fused-ring (bicyclic) bond motifs is 2. The number of carbonyl (C=O) groups is 2. The molecule has 1 aliphatic carbocycles. The fraction of sp³-hybridized carbons (Fsp3) is 0.292. The van der Waals surface area contributed by atoms with Gasteiger partial charge in [0.25, 0.3) is 0 Å². The van der Waals surface area contributed by atoms with Gasteiger partial charge in [-0.1, -0.05) is 24.3 Å². The van der Waals surface area contributed by atoms with Crippen molar-refractivity contribution in [2.75, 3.05) is 5.32 Å². The number of nitrogens with zero attached hydrogens (tertiary/aromatic N) is 3. The third-order valence-electron chi connectivity index (χ3n) is 6.44. The molecular weight excluding hydrogens is 408 g/mol. The van der Waals surface area contributed by atoms with E-state index >= 15 is 0 Å². The average Bonchev–Trinajstić information content (AvgIpc) is 3.05. The fourth-order valence-electron chi connectivity index (χ4n) is 4.68. The molecule has 2 aliphatic rings. The van der Waals surface area contributed by atoms with Crippen molar-refractivity contribution in [3.63, 3.8) is 0 Å². The molecular formula is C24H22N4O4. The zero-order valence-corrected chi connectivity index (χ0v) is 17.6. The third-order valence-corrected chi connectivity index (χ3v) is 6.44. The molecule has 0 saturated heterocycles. The van der Waals surface area contributed by atoms with Gasteiger partial charge in [0, 0.05) is 35.5 Å². The van der Waals surface area contributed by atoms with E-state index in [1.165, 1.54) is 12.4 Å². The largest absolute Gasteiger partial charge is 0.619 e. The number of ether oxygens (including phenoxy) is 1. The van der Waals surface area contributed by atoms with E-state index in [2.05, 4.69) is 15.3 Å². The summed E-state index contributed by atoms with van der Waals surface area (Å²) in [5.74, 6) is -0.574. The van der Waals surface area contributed by atoms with Crippen LogP contribution in [0.4, 0.5) is 5.95 Å². The van der Waals surface area contributed by atoms with Crippen LogP contribution in [0.15, 0.2) is 55.1 Å². The highest BCUT2D eigenvalue weighted by molar-refractivity contribution is 5.94.